The summed E-state index contributed by atoms with van der Waals surface area (Å²) >= 11 is 7.48. The van der Waals surface area contributed by atoms with Crippen LogP contribution in [0.2, 0.25) is 5.02 Å². The molecule has 1 aromatic carbocycles. The number of anilines is 1. The predicted octanol–water partition coefficient (Wildman–Crippen LogP) is 2.41. The first-order chi connectivity index (χ1) is 12.6. The highest BCUT2D eigenvalue weighted by molar-refractivity contribution is 7.17. The fourth-order valence-corrected chi connectivity index (χ4v) is 3.63. The minimum absolute atomic E-state index is 0.225. The van der Waals surface area contributed by atoms with Gasteiger partial charge in [0.15, 0.2) is 5.65 Å². The fourth-order valence-electron chi connectivity index (χ4n) is 2.55. The van der Waals surface area contributed by atoms with Gasteiger partial charge in [-0.3, -0.25) is 4.79 Å². The van der Waals surface area contributed by atoms with Gasteiger partial charge >= 0.3 is 5.69 Å². The van der Waals surface area contributed by atoms with Crippen LogP contribution in [0.3, 0.4) is 0 Å². The number of halogens is 1. The van der Waals surface area contributed by atoms with E-state index in [1.54, 1.807) is 18.2 Å². The number of hydrogen-bond acceptors (Lipinski definition) is 6. The molecule has 0 spiro atoms. The Morgan fingerprint density at radius 2 is 2.23 bits per heavy atom. The van der Waals surface area contributed by atoms with Gasteiger partial charge in [0.05, 0.1) is 22.3 Å². The molecule has 3 aromatic heterocycles. The van der Waals surface area contributed by atoms with E-state index in [1.165, 1.54) is 29.2 Å². The third-order valence-electron chi connectivity index (χ3n) is 3.76. The van der Waals surface area contributed by atoms with E-state index in [1.807, 2.05) is 11.4 Å². The molecule has 0 aliphatic rings. The third kappa shape index (κ3) is 2.80. The molecule has 26 heavy (non-hydrogen) atoms. The van der Waals surface area contributed by atoms with Crippen molar-refractivity contribution < 1.29 is 9.53 Å². The Morgan fingerprint density at radius 1 is 1.38 bits per heavy atom. The van der Waals surface area contributed by atoms with Gasteiger partial charge in [-0.1, -0.05) is 11.6 Å². The van der Waals surface area contributed by atoms with Gasteiger partial charge in [0.25, 0.3) is 0 Å². The molecule has 1 amide bonds. The molecule has 0 aliphatic heterocycles. The molecule has 0 fully saturated rings. The van der Waals surface area contributed by atoms with Crippen LogP contribution >= 0.6 is 22.9 Å². The van der Waals surface area contributed by atoms with Crippen molar-refractivity contribution in [1.29, 1.82) is 0 Å². The molecular formula is C16H12ClN5O3S. The van der Waals surface area contributed by atoms with Crippen LogP contribution in [0.1, 0.15) is 0 Å². The molecule has 0 radical (unpaired) electrons. The van der Waals surface area contributed by atoms with Crippen LogP contribution in [-0.4, -0.2) is 32.2 Å². The van der Waals surface area contributed by atoms with E-state index in [9.17, 15) is 9.59 Å². The maximum Gasteiger partial charge on any atom is 0.352 e. The van der Waals surface area contributed by atoms with Crippen LogP contribution in [-0.2, 0) is 11.3 Å². The predicted molar refractivity (Wildman–Crippen MR) is 99.3 cm³/mol. The lowest BCUT2D eigenvalue weighted by Gasteiger charge is -2.07. The number of nitrogens with one attached hydrogen (secondary N) is 1. The van der Waals surface area contributed by atoms with Crippen LogP contribution in [0.15, 0.2) is 40.8 Å². The number of hydrogen-bond donors (Lipinski definition) is 1. The molecule has 10 heteroatoms. The second-order valence-electron chi connectivity index (χ2n) is 5.41. The van der Waals surface area contributed by atoms with E-state index in [2.05, 4.69) is 15.4 Å². The normalized spacial score (nSPS) is 11.2. The van der Waals surface area contributed by atoms with Crippen LogP contribution in [0, 0.1) is 0 Å². The first-order valence-corrected chi connectivity index (χ1v) is 8.77. The number of benzene rings is 1. The molecule has 0 bridgehead atoms. The Hall–Kier alpha value is -2.91. The number of fused-ring (bicyclic) bond motifs is 3. The number of carbonyl (C=O) groups excluding carboxylic acids is 1. The quantitative estimate of drug-likeness (QED) is 0.578. The first kappa shape index (κ1) is 16.6. The molecule has 4 aromatic rings. The van der Waals surface area contributed by atoms with Crippen LogP contribution in [0.4, 0.5) is 5.69 Å². The van der Waals surface area contributed by atoms with Crippen molar-refractivity contribution in [3.05, 3.63) is 51.5 Å². The highest BCUT2D eigenvalue weighted by Crippen LogP contribution is 2.27. The number of amides is 1. The third-order valence-corrected chi connectivity index (χ3v) is 4.95. The van der Waals surface area contributed by atoms with Gasteiger partial charge in [0, 0.05) is 5.69 Å². The standard InChI is InChI=1S/C16H12ClN5O3S/c1-25-12-3-2-9(6-10(12)17)19-13(23)7-22-16(24)21-8-18-11-4-5-26-14(11)15(21)20-22/h2-6,8H,7H2,1H3,(H,19,23). The summed E-state index contributed by atoms with van der Waals surface area (Å²) in [5.74, 6) is 0.112. The minimum atomic E-state index is -0.425. The zero-order chi connectivity index (χ0) is 18.3. The molecular weight excluding hydrogens is 378 g/mol. The van der Waals surface area contributed by atoms with Gasteiger partial charge in [-0.05, 0) is 29.6 Å². The highest BCUT2D eigenvalue weighted by atomic mass is 35.5. The summed E-state index contributed by atoms with van der Waals surface area (Å²) < 4.78 is 8.31. The molecule has 0 unspecified atom stereocenters. The molecule has 0 atom stereocenters. The summed E-state index contributed by atoms with van der Waals surface area (Å²) in [5.41, 5.74) is 1.32. The minimum Gasteiger partial charge on any atom is -0.495 e. The van der Waals surface area contributed by atoms with Gasteiger partial charge in [0.2, 0.25) is 5.91 Å². The van der Waals surface area contributed by atoms with Crippen molar-refractivity contribution in [2.24, 2.45) is 0 Å². The Balaban J connectivity index is 1.60. The van der Waals surface area contributed by atoms with Gasteiger partial charge in [-0.2, -0.15) is 0 Å². The summed E-state index contributed by atoms with van der Waals surface area (Å²) in [4.78, 5) is 28.9. The topological polar surface area (TPSA) is 90.5 Å². The number of carbonyl (C=O) groups is 1. The van der Waals surface area contributed by atoms with Gasteiger partial charge in [0.1, 0.15) is 18.6 Å². The van der Waals surface area contributed by atoms with Crippen molar-refractivity contribution in [3.8, 4) is 5.75 Å². The van der Waals surface area contributed by atoms with Crippen molar-refractivity contribution >= 4 is 50.4 Å². The SMILES string of the molecule is COc1ccc(NC(=O)Cn2nc3c4sccc4ncn3c2=O)cc1Cl. The molecule has 0 saturated heterocycles. The maximum absolute atomic E-state index is 12.4. The summed E-state index contributed by atoms with van der Waals surface area (Å²) in [7, 11) is 1.51. The number of aromatic nitrogens is 4. The van der Waals surface area contributed by atoms with Crippen molar-refractivity contribution in [2.75, 3.05) is 12.4 Å². The Bertz CT molecular complexity index is 1200. The van der Waals surface area contributed by atoms with Crippen LogP contribution in [0.25, 0.3) is 15.9 Å². The van der Waals surface area contributed by atoms with E-state index in [4.69, 9.17) is 16.3 Å². The maximum atomic E-state index is 12.4. The highest BCUT2D eigenvalue weighted by Gasteiger charge is 2.14. The van der Waals surface area contributed by atoms with Gasteiger partial charge in [-0.25, -0.2) is 18.9 Å². The van der Waals surface area contributed by atoms with E-state index < -0.39 is 11.6 Å². The molecule has 8 nitrogen and oxygen atoms in total. The van der Waals surface area contributed by atoms with E-state index in [-0.39, 0.29) is 6.54 Å². The van der Waals surface area contributed by atoms with Gasteiger partial charge in [-0.15, -0.1) is 16.4 Å². The monoisotopic (exact) mass is 389 g/mol. The molecule has 132 valence electrons. The van der Waals surface area contributed by atoms with Crippen LogP contribution < -0.4 is 15.7 Å². The summed E-state index contributed by atoms with van der Waals surface area (Å²) in [5, 5.41) is 9.21. The first-order valence-electron chi connectivity index (χ1n) is 7.51. The zero-order valence-electron chi connectivity index (χ0n) is 13.5. The number of methoxy groups -OCH3 is 1. The average Bonchev–Trinajstić information content (AvgIpc) is 3.20. The lowest BCUT2D eigenvalue weighted by atomic mass is 10.3. The van der Waals surface area contributed by atoms with Crippen molar-refractivity contribution in [3.63, 3.8) is 0 Å². The summed E-state index contributed by atoms with van der Waals surface area (Å²) in [6, 6.07) is 6.73. The van der Waals surface area contributed by atoms with Crippen molar-refractivity contribution in [1.82, 2.24) is 19.2 Å². The van der Waals surface area contributed by atoms with E-state index in [0.29, 0.717) is 22.1 Å². The van der Waals surface area contributed by atoms with Crippen LogP contribution in [0.5, 0.6) is 5.75 Å². The molecule has 3 heterocycles. The number of nitrogens with zero attached hydrogens (tertiary/aromatic N) is 4. The van der Waals surface area contributed by atoms with Gasteiger partial charge < -0.3 is 10.1 Å². The molecule has 1 N–H and O–H groups in total. The largest absolute Gasteiger partial charge is 0.495 e. The Labute approximate surface area is 155 Å². The second kappa shape index (κ2) is 6.43. The van der Waals surface area contributed by atoms with E-state index >= 15 is 0 Å². The van der Waals surface area contributed by atoms with Crippen molar-refractivity contribution in [2.45, 2.75) is 6.54 Å². The lowest BCUT2D eigenvalue weighted by Crippen LogP contribution is -2.28. The second-order valence-corrected chi connectivity index (χ2v) is 6.73. The number of thiophene rings is 1. The molecule has 4 rings (SSSR count). The summed E-state index contributed by atoms with van der Waals surface area (Å²) in [6.07, 6.45) is 1.41. The Morgan fingerprint density at radius 3 is 3.00 bits per heavy atom. The fraction of sp³-hybridized carbons (Fsp3) is 0.125. The van der Waals surface area contributed by atoms with E-state index in [0.717, 1.165) is 14.9 Å². The Kier molecular flexibility index (Phi) is 4.09. The lowest BCUT2D eigenvalue weighted by molar-refractivity contribution is -0.117. The summed E-state index contributed by atoms with van der Waals surface area (Å²) in [6.45, 7) is -0.225. The smallest absolute Gasteiger partial charge is 0.352 e. The number of ether oxygens (including phenoxy) is 1. The molecule has 0 saturated carbocycles. The number of rotatable bonds is 4. The average molecular weight is 390 g/mol. The zero-order valence-corrected chi connectivity index (χ0v) is 15.0. The molecule has 0 aliphatic carbocycles.